The van der Waals surface area contributed by atoms with Gasteiger partial charge >= 0.3 is 0 Å². The lowest BCUT2D eigenvalue weighted by atomic mass is 10.1. The number of hydrogen-bond acceptors (Lipinski definition) is 5. The van der Waals surface area contributed by atoms with Crippen molar-refractivity contribution in [2.45, 2.75) is 32.5 Å². The molecule has 0 radical (unpaired) electrons. The van der Waals surface area contributed by atoms with Gasteiger partial charge in [0.15, 0.2) is 11.4 Å². The highest BCUT2D eigenvalue weighted by Gasteiger charge is 2.40. The summed E-state index contributed by atoms with van der Waals surface area (Å²) in [5, 5.41) is 13.9. The number of hydrogen-bond donors (Lipinski definition) is 2. The molecule has 12 heteroatoms. The minimum Gasteiger partial charge on any atom is -0.502 e. The van der Waals surface area contributed by atoms with E-state index in [-0.39, 0.29) is 6.67 Å². The van der Waals surface area contributed by atoms with Crippen molar-refractivity contribution < 1.29 is 32.3 Å². The normalized spacial score (nSPS) is 19.7. The molecule has 0 aliphatic carbocycles. The quantitative estimate of drug-likeness (QED) is 0.674. The van der Waals surface area contributed by atoms with Gasteiger partial charge in [0.2, 0.25) is 5.43 Å². The summed E-state index contributed by atoms with van der Waals surface area (Å²) in [4.78, 5) is 39.4. The summed E-state index contributed by atoms with van der Waals surface area (Å²) in [5.41, 5.74) is -2.92. The summed E-state index contributed by atoms with van der Waals surface area (Å²) < 4.78 is 56.3. The van der Waals surface area contributed by atoms with E-state index in [1.54, 1.807) is 6.92 Å². The lowest BCUT2D eigenvalue weighted by molar-refractivity contribution is 0.0652. The number of rotatable bonds is 3. The van der Waals surface area contributed by atoms with E-state index in [1.165, 1.54) is 22.9 Å². The molecule has 2 N–H and O–H groups in total. The molecule has 4 rings (SSSR count). The first-order chi connectivity index (χ1) is 15.5. The standard InChI is InChI=1S/C21H18F4N4O4/c1-9-3-14(23)10(2)29-8-27(9)21(33)17-19(31)18(30)13(7-28(17)29)20(32)26-6-12-15(24)4-11(22)5-16(12)25/h3-5,7,9-10,31H,6,8H2,1-2H3,(H,26,32)/t9?,10-/m1/s1. The highest BCUT2D eigenvalue weighted by atomic mass is 19.1. The number of pyridine rings is 1. The van der Waals surface area contributed by atoms with Gasteiger partial charge in [0.1, 0.15) is 35.5 Å². The molecule has 0 saturated heterocycles. The van der Waals surface area contributed by atoms with Crippen LogP contribution in [0.1, 0.15) is 40.3 Å². The van der Waals surface area contributed by atoms with Gasteiger partial charge in [-0.3, -0.25) is 24.1 Å². The van der Waals surface area contributed by atoms with E-state index in [1.807, 2.05) is 0 Å². The van der Waals surface area contributed by atoms with Crippen molar-refractivity contribution in [2.75, 3.05) is 11.7 Å². The number of carbonyl (C=O) groups excluding carboxylic acids is 2. The molecule has 3 heterocycles. The Morgan fingerprint density at radius 2 is 1.79 bits per heavy atom. The third-order valence-electron chi connectivity index (χ3n) is 5.72. The molecule has 0 spiro atoms. The summed E-state index contributed by atoms with van der Waals surface area (Å²) >= 11 is 0. The maximum Gasteiger partial charge on any atom is 0.278 e. The number of amides is 2. The molecule has 1 aromatic heterocycles. The number of nitrogens with one attached hydrogen (secondary N) is 1. The van der Waals surface area contributed by atoms with Crippen LogP contribution in [0.15, 0.2) is 35.0 Å². The number of halogens is 4. The van der Waals surface area contributed by atoms with Crippen molar-refractivity contribution in [1.29, 1.82) is 0 Å². The van der Waals surface area contributed by atoms with E-state index in [4.69, 9.17) is 0 Å². The second-order valence-electron chi connectivity index (χ2n) is 7.77. The zero-order valence-corrected chi connectivity index (χ0v) is 17.4. The van der Waals surface area contributed by atoms with Gasteiger partial charge in [-0.15, -0.1) is 0 Å². The Bertz CT molecular complexity index is 1250. The SMILES string of the molecule is CC1C=C(F)[C@@H](C)N2CN1C(=O)c1c(O)c(=O)c(C(=O)NCc3c(F)cc(F)cc3F)cn12. The van der Waals surface area contributed by atoms with Crippen LogP contribution in [0.2, 0.25) is 0 Å². The molecule has 174 valence electrons. The summed E-state index contributed by atoms with van der Waals surface area (Å²) in [6.45, 7) is 2.26. The molecule has 2 aliphatic heterocycles. The summed E-state index contributed by atoms with van der Waals surface area (Å²) in [7, 11) is 0. The average molecular weight is 466 g/mol. The smallest absolute Gasteiger partial charge is 0.278 e. The Hall–Kier alpha value is -3.83. The van der Waals surface area contributed by atoms with Crippen LogP contribution in [0.4, 0.5) is 17.6 Å². The first kappa shape index (κ1) is 22.4. The van der Waals surface area contributed by atoms with Crippen LogP contribution in [0.5, 0.6) is 5.75 Å². The Kier molecular flexibility index (Phi) is 5.38. The van der Waals surface area contributed by atoms with E-state index < -0.39 is 81.7 Å². The highest BCUT2D eigenvalue weighted by molar-refractivity contribution is 5.99. The molecule has 1 unspecified atom stereocenters. The topological polar surface area (TPSA) is 94.9 Å². The minimum absolute atomic E-state index is 0.0898. The highest BCUT2D eigenvalue weighted by Crippen LogP contribution is 2.29. The number of fused-ring (bicyclic) bond motifs is 4. The lowest BCUT2D eigenvalue weighted by Gasteiger charge is -2.41. The molecular weight excluding hydrogens is 448 g/mol. The lowest BCUT2D eigenvalue weighted by Crippen LogP contribution is -2.57. The van der Waals surface area contributed by atoms with Gasteiger partial charge in [0, 0.05) is 30.4 Å². The summed E-state index contributed by atoms with van der Waals surface area (Å²) in [5.74, 6) is -7.06. The number of nitrogens with zero attached hydrogens (tertiary/aromatic N) is 3. The van der Waals surface area contributed by atoms with E-state index in [0.29, 0.717) is 12.1 Å². The molecule has 2 aliphatic rings. The molecular formula is C21H18F4N4O4. The van der Waals surface area contributed by atoms with E-state index >= 15 is 0 Å². The van der Waals surface area contributed by atoms with Crippen LogP contribution in [0.3, 0.4) is 0 Å². The van der Waals surface area contributed by atoms with E-state index in [9.17, 15) is 37.1 Å². The first-order valence-electron chi connectivity index (χ1n) is 9.86. The Morgan fingerprint density at radius 1 is 1.15 bits per heavy atom. The maximum absolute atomic E-state index is 14.6. The Morgan fingerprint density at radius 3 is 2.42 bits per heavy atom. The fourth-order valence-electron chi connectivity index (χ4n) is 3.81. The zero-order chi connectivity index (χ0) is 24.2. The summed E-state index contributed by atoms with van der Waals surface area (Å²) in [6, 6.07) is -0.683. The molecule has 8 nitrogen and oxygen atoms in total. The van der Waals surface area contributed by atoms with Crippen LogP contribution in [-0.4, -0.2) is 45.2 Å². The van der Waals surface area contributed by atoms with Gasteiger partial charge in [-0.1, -0.05) is 0 Å². The molecule has 2 aromatic rings. The molecule has 2 atom stereocenters. The van der Waals surface area contributed by atoms with Crippen molar-refractivity contribution in [3.8, 4) is 5.75 Å². The Balaban J connectivity index is 1.73. The van der Waals surface area contributed by atoms with E-state index in [0.717, 1.165) is 10.9 Å². The van der Waals surface area contributed by atoms with Gasteiger partial charge in [0.05, 0.1) is 12.1 Å². The molecule has 0 fully saturated rings. The largest absolute Gasteiger partial charge is 0.502 e. The maximum atomic E-state index is 14.6. The van der Waals surface area contributed by atoms with Gasteiger partial charge in [-0.25, -0.2) is 17.6 Å². The Labute approximate surface area is 184 Å². The number of aromatic hydroxyl groups is 1. The van der Waals surface area contributed by atoms with Crippen LogP contribution in [-0.2, 0) is 6.54 Å². The fourth-order valence-corrected chi connectivity index (χ4v) is 3.81. The fraction of sp³-hybridized carbons (Fsp3) is 0.286. The van der Waals surface area contributed by atoms with Gasteiger partial charge in [-0.2, -0.15) is 0 Å². The third-order valence-corrected chi connectivity index (χ3v) is 5.72. The first-order valence-corrected chi connectivity index (χ1v) is 9.86. The number of aromatic nitrogens is 1. The summed E-state index contributed by atoms with van der Waals surface area (Å²) in [6.07, 6.45) is 2.20. The van der Waals surface area contributed by atoms with Crippen molar-refractivity contribution in [3.05, 3.63) is 74.7 Å². The zero-order valence-electron chi connectivity index (χ0n) is 17.4. The monoisotopic (exact) mass is 466 g/mol. The van der Waals surface area contributed by atoms with Crippen molar-refractivity contribution in [2.24, 2.45) is 0 Å². The molecule has 2 bridgehead atoms. The minimum atomic E-state index is -1.24. The van der Waals surface area contributed by atoms with E-state index in [2.05, 4.69) is 5.32 Å². The van der Waals surface area contributed by atoms with Gasteiger partial charge in [-0.05, 0) is 19.9 Å². The second-order valence-corrected chi connectivity index (χ2v) is 7.77. The second kappa shape index (κ2) is 7.94. The molecule has 2 amide bonds. The predicted octanol–water partition coefficient (Wildman–Crippen LogP) is 1.90. The van der Waals surface area contributed by atoms with Crippen LogP contribution >= 0.6 is 0 Å². The van der Waals surface area contributed by atoms with Crippen molar-refractivity contribution >= 4 is 11.8 Å². The van der Waals surface area contributed by atoms with Gasteiger partial charge < -0.3 is 15.3 Å². The third kappa shape index (κ3) is 3.60. The van der Waals surface area contributed by atoms with Crippen molar-refractivity contribution in [1.82, 2.24) is 14.9 Å². The number of benzene rings is 1. The predicted molar refractivity (Wildman–Crippen MR) is 107 cm³/mol. The number of carbonyl (C=O) groups is 2. The molecule has 33 heavy (non-hydrogen) atoms. The molecule has 0 saturated carbocycles. The van der Waals surface area contributed by atoms with Crippen LogP contribution in [0.25, 0.3) is 0 Å². The molecule has 1 aromatic carbocycles. The average Bonchev–Trinajstić information content (AvgIpc) is 2.83. The van der Waals surface area contributed by atoms with Crippen LogP contribution < -0.4 is 15.8 Å². The van der Waals surface area contributed by atoms with Gasteiger partial charge in [0.25, 0.3) is 11.8 Å². The van der Waals surface area contributed by atoms with Crippen LogP contribution in [0, 0.1) is 17.5 Å². The van der Waals surface area contributed by atoms with Crippen molar-refractivity contribution in [3.63, 3.8) is 0 Å².